The van der Waals surface area contributed by atoms with Crippen LogP contribution in [0.2, 0.25) is 0 Å². The second-order valence-corrected chi connectivity index (χ2v) is 7.86. The maximum Gasteiger partial charge on any atom is 0.328 e. The lowest BCUT2D eigenvalue weighted by atomic mass is 10.0. The number of hydrogen-bond donors (Lipinski definition) is 4. The van der Waals surface area contributed by atoms with Crippen LogP contribution in [0.3, 0.4) is 0 Å². The fourth-order valence-electron chi connectivity index (χ4n) is 2.47. The predicted octanol–water partition coefficient (Wildman–Crippen LogP) is 0.529. The number of carboxylic acids is 2. The molecule has 0 bridgehead atoms. The third-order valence-corrected chi connectivity index (χ3v) is 5.21. The van der Waals surface area contributed by atoms with Gasteiger partial charge in [0, 0.05) is 4.75 Å². The molecule has 0 aromatic heterocycles. The second-order valence-electron chi connectivity index (χ2n) is 6.06. The van der Waals surface area contributed by atoms with E-state index >= 15 is 0 Å². The summed E-state index contributed by atoms with van der Waals surface area (Å²) in [6.07, 6.45) is 0. The molecule has 1 saturated heterocycles. The molecule has 136 valence electrons. The number of nitrogens with one attached hydrogen (secondary N) is 2. The molecule has 1 heterocycles. The Morgan fingerprint density at radius 1 is 1.28 bits per heavy atom. The Kier molecular flexibility index (Phi) is 5.91. The molecule has 1 fully saturated rings. The van der Waals surface area contributed by atoms with Gasteiger partial charge in [0.25, 0.3) is 5.91 Å². The van der Waals surface area contributed by atoms with Crippen LogP contribution < -0.4 is 15.4 Å². The van der Waals surface area contributed by atoms with Crippen molar-refractivity contribution in [3.8, 4) is 5.75 Å². The third-order valence-electron chi connectivity index (χ3n) is 3.70. The standard InChI is InChI=1S/C16H20N2O6S/c1-16(2)12(15(22)23)18-13(25-16)11(14(20)21)17-10(19)8-24-9-6-4-3-5-7-9/h3-7,11-13,18H,8H2,1-2H3,(H,17,19)(H,20,21)(H,22,23)/t11-,12+,13+/m0/s1. The monoisotopic (exact) mass is 368 g/mol. The SMILES string of the molecule is CC1(C)S[C@H]([C@H](NC(=O)COc2ccccc2)C(=O)O)N[C@@H]1C(=O)O. The largest absolute Gasteiger partial charge is 0.484 e. The number of aliphatic carboxylic acids is 2. The van der Waals surface area contributed by atoms with E-state index in [4.69, 9.17) is 4.74 Å². The van der Waals surface area contributed by atoms with Crippen LogP contribution in [-0.2, 0) is 14.4 Å². The number of para-hydroxylation sites is 1. The summed E-state index contributed by atoms with van der Waals surface area (Å²) in [5.74, 6) is -2.43. The molecule has 3 atom stereocenters. The molecule has 25 heavy (non-hydrogen) atoms. The number of benzene rings is 1. The minimum atomic E-state index is -1.28. The predicted molar refractivity (Wildman–Crippen MR) is 91.5 cm³/mol. The van der Waals surface area contributed by atoms with Gasteiger partial charge in [-0.3, -0.25) is 14.9 Å². The van der Waals surface area contributed by atoms with Gasteiger partial charge in [-0.25, -0.2) is 4.79 Å². The Hall–Kier alpha value is -2.26. The van der Waals surface area contributed by atoms with E-state index < -0.39 is 40.1 Å². The number of carboxylic acid groups (broad SMARTS) is 2. The van der Waals surface area contributed by atoms with Crippen LogP contribution in [0.4, 0.5) is 0 Å². The van der Waals surface area contributed by atoms with Crippen LogP contribution in [0.5, 0.6) is 5.75 Å². The van der Waals surface area contributed by atoms with E-state index in [0.717, 1.165) is 0 Å². The number of rotatable bonds is 7. The van der Waals surface area contributed by atoms with Gasteiger partial charge in [0.1, 0.15) is 11.8 Å². The second kappa shape index (κ2) is 7.75. The Labute approximate surface area is 148 Å². The first-order valence-electron chi connectivity index (χ1n) is 7.57. The first-order chi connectivity index (χ1) is 11.7. The van der Waals surface area contributed by atoms with Crippen molar-refractivity contribution in [1.82, 2.24) is 10.6 Å². The van der Waals surface area contributed by atoms with Gasteiger partial charge in [0.2, 0.25) is 0 Å². The van der Waals surface area contributed by atoms with Crippen molar-refractivity contribution in [3.05, 3.63) is 30.3 Å². The van der Waals surface area contributed by atoms with Crippen LogP contribution in [0.1, 0.15) is 13.8 Å². The summed E-state index contributed by atoms with van der Waals surface area (Å²) >= 11 is 1.17. The van der Waals surface area contributed by atoms with Crippen molar-refractivity contribution in [1.29, 1.82) is 0 Å². The van der Waals surface area contributed by atoms with Crippen LogP contribution in [0.15, 0.2) is 30.3 Å². The molecule has 8 nitrogen and oxygen atoms in total. The number of carbonyl (C=O) groups is 3. The normalized spacial score (nSPS) is 22.8. The van der Waals surface area contributed by atoms with Gasteiger partial charge in [-0.2, -0.15) is 0 Å². The zero-order valence-electron chi connectivity index (χ0n) is 13.8. The van der Waals surface area contributed by atoms with Crippen molar-refractivity contribution in [2.45, 2.75) is 36.1 Å². The highest BCUT2D eigenvalue weighted by Gasteiger charge is 2.49. The Morgan fingerprint density at radius 3 is 2.44 bits per heavy atom. The summed E-state index contributed by atoms with van der Waals surface area (Å²) in [6, 6.07) is 6.47. The Balaban J connectivity index is 1.98. The minimum absolute atomic E-state index is 0.336. The molecule has 0 aliphatic carbocycles. The van der Waals surface area contributed by atoms with Crippen LogP contribution in [-0.4, -0.2) is 56.9 Å². The fraction of sp³-hybridized carbons (Fsp3) is 0.438. The molecule has 1 aliphatic heterocycles. The van der Waals surface area contributed by atoms with Crippen LogP contribution in [0.25, 0.3) is 0 Å². The van der Waals surface area contributed by atoms with E-state index in [1.54, 1.807) is 44.2 Å². The van der Waals surface area contributed by atoms with Gasteiger partial charge in [0.15, 0.2) is 12.6 Å². The number of carbonyl (C=O) groups excluding carboxylic acids is 1. The average molecular weight is 368 g/mol. The maximum atomic E-state index is 12.0. The molecule has 1 aromatic rings. The highest BCUT2D eigenvalue weighted by molar-refractivity contribution is 8.01. The van der Waals surface area contributed by atoms with E-state index in [1.165, 1.54) is 11.8 Å². The maximum absolute atomic E-state index is 12.0. The zero-order chi connectivity index (χ0) is 18.6. The molecule has 0 unspecified atom stereocenters. The highest BCUT2D eigenvalue weighted by atomic mass is 32.2. The summed E-state index contributed by atoms with van der Waals surface area (Å²) in [4.78, 5) is 34.8. The van der Waals surface area contributed by atoms with Gasteiger partial charge in [-0.1, -0.05) is 18.2 Å². The van der Waals surface area contributed by atoms with E-state index in [0.29, 0.717) is 5.75 Å². The van der Waals surface area contributed by atoms with Gasteiger partial charge < -0.3 is 20.3 Å². The molecule has 4 N–H and O–H groups in total. The topological polar surface area (TPSA) is 125 Å². The first kappa shape index (κ1) is 19.1. The molecule has 9 heteroatoms. The number of thioether (sulfide) groups is 1. The van der Waals surface area contributed by atoms with Gasteiger partial charge in [-0.05, 0) is 26.0 Å². The van der Waals surface area contributed by atoms with Crippen LogP contribution >= 0.6 is 11.8 Å². The van der Waals surface area contributed by atoms with Crippen molar-refractivity contribution in [2.75, 3.05) is 6.61 Å². The smallest absolute Gasteiger partial charge is 0.328 e. The lowest BCUT2D eigenvalue weighted by Gasteiger charge is -2.22. The van der Waals surface area contributed by atoms with E-state index in [9.17, 15) is 24.6 Å². The average Bonchev–Trinajstić information content (AvgIpc) is 2.86. The molecular formula is C16H20N2O6S. The molecule has 2 rings (SSSR count). The summed E-state index contributed by atoms with van der Waals surface area (Å²) in [6.45, 7) is 3.09. The minimum Gasteiger partial charge on any atom is -0.484 e. The molecule has 0 radical (unpaired) electrons. The van der Waals surface area contributed by atoms with E-state index in [-0.39, 0.29) is 6.61 Å². The summed E-state index contributed by atoms with van der Waals surface area (Å²) in [5.41, 5.74) is 0. The molecule has 1 amide bonds. The molecular weight excluding hydrogens is 348 g/mol. The van der Waals surface area contributed by atoms with Crippen LogP contribution in [0, 0.1) is 0 Å². The van der Waals surface area contributed by atoms with E-state index in [2.05, 4.69) is 10.6 Å². The summed E-state index contributed by atoms with van der Waals surface area (Å²) in [7, 11) is 0. The fourth-order valence-corrected chi connectivity index (χ4v) is 3.96. The van der Waals surface area contributed by atoms with Gasteiger partial charge in [-0.15, -0.1) is 11.8 Å². The van der Waals surface area contributed by atoms with Gasteiger partial charge in [0.05, 0.1) is 5.37 Å². The third kappa shape index (κ3) is 4.86. The number of amides is 1. The number of ether oxygens (including phenoxy) is 1. The quantitative estimate of drug-likeness (QED) is 0.549. The molecule has 1 aliphatic rings. The summed E-state index contributed by atoms with van der Waals surface area (Å²) in [5, 5.41) is 23.0. The van der Waals surface area contributed by atoms with Crippen molar-refractivity contribution >= 4 is 29.6 Å². The van der Waals surface area contributed by atoms with E-state index in [1.807, 2.05) is 0 Å². The molecule has 1 aromatic carbocycles. The van der Waals surface area contributed by atoms with Crippen molar-refractivity contribution < 1.29 is 29.3 Å². The zero-order valence-corrected chi connectivity index (χ0v) is 14.6. The highest BCUT2D eigenvalue weighted by Crippen LogP contribution is 2.39. The summed E-state index contributed by atoms with van der Waals surface area (Å²) < 4.78 is 4.57. The number of hydrogen-bond acceptors (Lipinski definition) is 6. The first-order valence-corrected chi connectivity index (χ1v) is 8.45. The lowest BCUT2D eigenvalue weighted by Crippen LogP contribution is -2.54. The molecule has 0 spiro atoms. The Bertz CT molecular complexity index is 651. The van der Waals surface area contributed by atoms with Crippen molar-refractivity contribution in [2.24, 2.45) is 0 Å². The van der Waals surface area contributed by atoms with Crippen molar-refractivity contribution in [3.63, 3.8) is 0 Å². The Morgan fingerprint density at radius 2 is 1.92 bits per heavy atom. The lowest BCUT2D eigenvalue weighted by molar-refractivity contribution is -0.143. The molecule has 0 saturated carbocycles. The van der Waals surface area contributed by atoms with Gasteiger partial charge >= 0.3 is 11.9 Å².